The van der Waals surface area contributed by atoms with Crippen LogP contribution in [0.5, 0.6) is 0 Å². The SMILES string of the molecule is NC(=O)Cc1cccc([N+](=O)[O-])c1F. The van der Waals surface area contributed by atoms with E-state index < -0.39 is 22.3 Å². The summed E-state index contributed by atoms with van der Waals surface area (Å²) in [5.74, 6) is -1.74. The normalized spacial score (nSPS) is 9.79. The van der Waals surface area contributed by atoms with Crippen LogP contribution in [0, 0.1) is 15.9 Å². The summed E-state index contributed by atoms with van der Waals surface area (Å²) in [4.78, 5) is 19.9. The second-order valence-electron chi connectivity index (χ2n) is 2.65. The maximum absolute atomic E-state index is 13.2. The van der Waals surface area contributed by atoms with Crippen molar-refractivity contribution in [2.75, 3.05) is 0 Å². The molecule has 0 radical (unpaired) electrons. The van der Waals surface area contributed by atoms with Gasteiger partial charge in [-0.2, -0.15) is 4.39 Å². The number of hydrogen-bond acceptors (Lipinski definition) is 3. The van der Waals surface area contributed by atoms with Crippen LogP contribution in [-0.2, 0) is 11.2 Å². The van der Waals surface area contributed by atoms with E-state index in [0.29, 0.717) is 0 Å². The number of hydrogen-bond donors (Lipinski definition) is 1. The number of nitro benzene ring substituents is 1. The minimum absolute atomic E-state index is 0.0632. The topological polar surface area (TPSA) is 86.2 Å². The summed E-state index contributed by atoms with van der Waals surface area (Å²) in [6.45, 7) is 0. The van der Waals surface area contributed by atoms with Gasteiger partial charge in [-0.25, -0.2) is 0 Å². The molecule has 2 N–H and O–H groups in total. The molecule has 1 rings (SSSR count). The lowest BCUT2D eigenvalue weighted by Gasteiger charge is -1.99. The van der Waals surface area contributed by atoms with Crippen LogP contribution >= 0.6 is 0 Å². The molecule has 0 atom stereocenters. The summed E-state index contributed by atoms with van der Waals surface area (Å²) < 4.78 is 13.2. The van der Waals surface area contributed by atoms with E-state index in [2.05, 4.69) is 0 Å². The van der Waals surface area contributed by atoms with Gasteiger partial charge in [-0.05, 0) is 0 Å². The second-order valence-corrected chi connectivity index (χ2v) is 2.65. The zero-order chi connectivity index (χ0) is 10.7. The molecular weight excluding hydrogens is 191 g/mol. The predicted molar refractivity (Wildman–Crippen MR) is 46.0 cm³/mol. The Morgan fingerprint density at radius 2 is 2.21 bits per heavy atom. The van der Waals surface area contributed by atoms with Crippen LogP contribution in [-0.4, -0.2) is 10.8 Å². The molecule has 1 aromatic rings. The summed E-state index contributed by atoms with van der Waals surface area (Å²) >= 11 is 0. The molecule has 0 aromatic heterocycles. The van der Waals surface area contributed by atoms with Gasteiger partial charge in [-0.1, -0.05) is 12.1 Å². The summed E-state index contributed by atoms with van der Waals surface area (Å²) in [7, 11) is 0. The number of carbonyl (C=O) groups is 1. The number of benzene rings is 1. The van der Waals surface area contributed by atoms with Crippen molar-refractivity contribution in [2.45, 2.75) is 6.42 Å². The average Bonchev–Trinajstić information content (AvgIpc) is 2.07. The quantitative estimate of drug-likeness (QED) is 0.574. The molecule has 0 bridgehead atoms. The summed E-state index contributed by atoms with van der Waals surface area (Å²) in [5, 5.41) is 10.3. The third-order valence-corrected chi connectivity index (χ3v) is 1.62. The molecule has 0 aliphatic rings. The molecule has 5 nitrogen and oxygen atoms in total. The van der Waals surface area contributed by atoms with Crippen LogP contribution in [0.25, 0.3) is 0 Å². The molecule has 0 saturated carbocycles. The van der Waals surface area contributed by atoms with Crippen molar-refractivity contribution >= 4 is 11.6 Å². The average molecular weight is 198 g/mol. The Bertz CT molecular complexity index is 392. The van der Waals surface area contributed by atoms with Crippen LogP contribution in [0.15, 0.2) is 18.2 Å². The smallest absolute Gasteiger partial charge is 0.305 e. The maximum Gasteiger partial charge on any atom is 0.305 e. The van der Waals surface area contributed by atoms with Gasteiger partial charge in [0.1, 0.15) is 0 Å². The number of halogens is 1. The molecule has 0 aliphatic heterocycles. The highest BCUT2D eigenvalue weighted by Gasteiger charge is 2.17. The van der Waals surface area contributed by atoms with Crippen molar-refractivity contribution < 1.29 is 14.1 Å². The fourth-order valence-corrected chi connectivity index (χ4v) is 1.03. The van der Waals surface area contributed by atoms with E-state index in [1.807, 2.05) is 0 Å². The number of nitrogens with two attached hydrogens (primary N) is 1. The van der Waals surface area contributed by atoms with Crippen LogP contribution in [0.3, 0.4) is 0 Å². The molecule has 1 amide bonds. The van der Waals surface area contributed by atoms with E-state index in [0.717, 1.165) is 6.07 Å². The monoisotopic (exact) mass is 198 g/mol. The molecule has 0 spiro atoms. The Balaban J connectivity index is 3.13. The van der Waals surface area contributed by atoms with E-state index in [9.17, 15) is 19.3 Å². The lowest BCUT2D eigenvalue weighted by molar-refractivity contribution is -0.387. The lowest BCUT2D eigenvalue weighted by atomic mass is 10.1. The largest absolute Gasteiger partial charge is 0.369 e. The number of amides is 1. The molecule has 74 valence electrons. The van der Waals surface area contributed by atoms with Gasteiger partial charge in [0.05, 0.1) is 11.3 Å². The van der Waals surface area contributed by atoms with Crippen molar-refractivity contribution in [3.63, 3.8) is 0 Å². The van der Waals surface area contributed by atoms with Gasteiger partial charge in [0.15, 0.2) is 0 Å². The number of primary amides is 1. The second kappa shape index (κ2) is 3.82. The molecule has 0 fully saturated rings. The van der Waals surface area contributed by atoms with E-state index in [1.165, 1.54) is 12.1 Å². The molecular formula is C8H7FN2O3. The van der Waals surface area contributed by atoms with Crippen molar-refractivity contribution in [3.8, 4) is 0 Å². The zero-order valence-corrected chi connectivity index (χ0v) is 7.07. The fraction of sp³-hybridized carbons (Fsp3) is 0.125. The van der Waals surface area contributed by atoms with Gasteiger partial charge in [0, 0.05) is 11.6 Å². The highest BCUT2D eigenvalue weighted by atomic mass is 19.1. The number of carbonyl (C=O) groups excluding carboxylic acids is 1. The van der Waals surface area contributed by atoms with Gasteiger partial charge in [0.2, 0.25) is 11.7 Å². The van der Waals surface area contributed by atoms with Crippen molar-refractivity contribution in [1.82, 2.24) is 0 Å². The van der Waals surface area contributed by atoms with E-state index >= 15 is 0 Å². The van der Waals surface area contributed by atoms with Gasteiger partial charge in [-0.3, -0.25) is 14.9 Å². The minimum atomic E-state index is -1.00. The number of rotatable bonds is 3. The standard InChI is InChI=1S/C8H7FN2O3/c9-8-5(4-7(10)12)2-1-3-6(8)11(13)14/h1-3H,4H2,(H2,10,12). The lowest BCUT2D eigenvalue weighted by Crippen LogP contribution is -2.15. The Hall–Kier alpha value is -1.98. The first kappa shape index (κ1) is 10.1. The number of nitro groups is 1. The van der Waals surface area contributed by atoms with Crippen molar-refractivity contribution in [3.05, 3.63) is 39.7 Å². The Morgan fingerprint density at radius 3 is 2.71 bits per heavy atom. The van der Waals surface area contributed by atoms with E-state index in [1.54, 1.807) is 0 Å². The van der Waals surface area contributed by atoms with Crippen LogP contribution in [0.4, 0.5) is 10.1 Å². The van der Waals surface area contributed by atoms with Crippen LogP contribution in [0.2, 0.25) is 0 Å². The van der Waals surface area contributed by atoms with E-state index in [-0.39, 0.29) is 12.0 Å². The molecule has 0 saturated heterocycles. The van der Waals surface area contributed by atoms with Gasteiger partial charge in [0.25, 0.3) is 0 Å². The van der Waals surface area contributed by atoms with Crippen LogP contribution in [0.1, 0.15) is 5.56 Å². The summed E-state index contributed by atoms with van der Waals surface area (Å²) in [6, 6.07) is 3.62. The highest BCUT2D eigenvalue weighted by Crippen LogP contribution is 2.20. The van der Waals surface area contributed by atoms with Crippen molar-refractivity contribution in [2.24, 2.45) is 5.73 Å². The Labute approximate surface area is 78.5 Å². The molecule has 0 aliphatic carbocycles. The van der Waals surface area contributed by atoms with Gasteiger partial charge in [-0.15, -0.1) is 0 Å². The third kappa shape index (κ3) is 2.03. The van der Waals surface area contributed by atoms with Gasteiger partial charge >= 0.3 is 5.69 Å². The Kier molecular flexibility index (Phi) is 2.76. The molecule has 6 heteroatoms. The molecule has 1 aromatic carbocycles. The molecule has 0 heterocycles. The zero-order valence-electron chi connectivity index (χ0n) is 7.07. The van der Waals surface area contributed by atoms with Crippen LogP contribution < -0.4 is 5.73 Å². The van der Waals surface area contributed by atoms with Crippen molar-refractivity contribution in [1.29, 1.82) is 0 Å². The van der Waals surface area contributed by atoms with E-state index in [4.69, 9.17) is 5.73 Å². The first-order chi connectivity index (χ1) is 6.52. The third-order valence-electron chi connectivity index (χ3n) is 1.62. The minimum Gasteiger partial charge on any atom is -0.369 e. The summed E-state index contributed by atoms with van der Waals surface area (Å²) in [6.07, 6.45) is -0.340. The van der Waals surface area contributed by atoms with Gasteiger partial charge < -0.3 is 5.73 Å². The number of nitrogens with zero attached hydrogens (tertiary/aromatic N) is 1. The molecule has 14 heavy (non-hydrogen) atoms. The maximum atomic E-state index is 13.2. The Morgan fingerprint density at radius 1 is 1.57 bits per heavy atom. The predicted octanol–water partition coefficient (Wildman–Crippen LogP) is 0.762. The summed E-state index contributed by atoms with van der Waals surface area (Å²) in [5.41, 5.74) is 4.13. The first-order valence-corrected chi connectivity index (χ1v) is 3.72. The molecule has 0 unspecified atom stereocenters. The highest BCUT2D eigenvalue weighted by molar-refractivity contribution is 5.76. The first-order valence-electron chi connectivity index (χ1n) is 3.72. The fourth-order valence-electron chi connectivity index (χ4n) is 1.03.